The summed E-state index contributed by atoms with van der Waals surface area (Å²) in [6.07, 6.45) is 3.48. The fourth-order valence-corrected chi connectivity index (χ4v) is 4.22. The maximum absolute atomic E-state index is 12.9. The van der Waals surface area contributed by atoms with Gasteiger partial charge in [-0.25, -0.2) is 14.8 Å². The molecule has 0 fully saturated rings. The number of benzene rings is 2. The van der Waals surface area contributed by atoms with E-state index in [1.807, 2.05) is 6.07 Å². The molecule has 0 saturated carbocycles. The fraction of sp³-hybridized carbons (Fsp3) is 0.154. The summed E-state index contributed by atoms with van der Waals surface area (Å²) in [6, 6.07) is 12.0. The zero-order chi connectivity index (χ0) is 26.8. The molecule has 0 saturated heterocycles. The number of halogens is 1. The van der Waals surface area contributed by atoms with E-state index in [1.54, 1.807) is 67.4 Å². The van der Waals surface area contributed by atoms with Crippen molar-refractivity contribution in [3.8, 4) is 22.6 Å². The molecule has 0 aliphatic rings. The third kappa shape index (κ3) is 5.04. The smallest absolute Gasteiger partial charge is 0.338 e. The molecule has 4 N–H and O–H groups in total. The Kier molecular flexibility index (Phi) is 6.75. The lowest BCUT2D eigenvalue weighted by Crippen LogP contribution is -2.18. The lowest BCUT2D eigenvalue weighted by molar-refractivity contribution is -0.115. The first-order valence-electron chi connectivity index (χ1n) is 11.7. The zero-order valence-electron chi connectivity index (χ0n) is 20.5. The standard InChI is InChI=1S/C26H23ClN8O3/c1-3-38-26(37)15-6-4-14(5-7-15)10-20(36)30-25-24(28)31-23(19-8-9-35(2)34-19)22(32-25)16-11-17-13-29-33-21(17)18(27)12-16/h4-9,11-13H,3,10H2,1-2H3,(H2,28,31)(H,29,33)(H,30,32,36). The fourth-order valence-electron chi connectivity index (χ4n) is 3.95. The summed E-state index contributed by atoms with van der Waals surface area (Å²) in [7, 11) is 1.79. The summed E-state index contributed by atoms with van der Waals surface area (Å²) in [5.74, 6) is -0.623. The Labute approximate surface area is 222 Å². The number of carbonyl (C=O) groups is 2. The van der Waals surface area contributed by atoms with Gasteiger partial charge in [0, 0.05) is 24.2 Å². The Morgan fingerprint density at radius 3 is 2.63 bits per heavy atom. The van der Waals surface area contributed by atoms with E-state index in [2.05, 4.69) is 30.6 Å². The number of esters is 1. The Morgan fingerprint density at radius 2 is 1.92 bits per heavy atom. The molecule has 3 aromatic heterocycles. The minimum absolute atomic E-state index is 0.0361. The molecule has 2 aromatic carbocycles. The monoisotopic (exact) mass is 530 g/mol. The molecular weight excluding hydrogens is 508 g/mol. The molecule has 1 amide bonds. The maximum atomic E-state index is 12.9. The second-order valence-corrected chi connectivity index (χ2v) is 8.87. The van der Waals surface area contributed by atoms with Crippen LogP contribution >= 0.6 is 11.6 Å². The summed E-state index contributed by atoms with van der Waals surface area (Å²) in [5, 5.41) is 15.4. The van der Waals surface area contributed by atoms with E-state index < -0.39 is 5.97 Å². The highest BCUT2D eigenvalue weighted by atomic mass is 35.5. The van der Waals surface area contributed by atoms with Crippen LogP contribution in [0.15, 0.2) is 54.9 Å². The molecule has 38 heavy (non-hydrogen) atoms. The Morgan fingerprint density at radius 1 is 1.13 bits per heavy atom. The first kappa shape index (κ1) is 24.9. The SMILES string of the molecule is CCOC(=O)c1ccc(CC(=O)Nc2nc(-c3cc(Cl)c4[nH]ncc4c3)c(-c3ccn(C)n3)nc2N)cc1. The summed E-state index contributed by atoms with van der Waals surface area (Å²) in [5.41, 5.74) is 10.1. The normalized spacial score (nSPS) is 11.0. The number of aromatic amines is 1. The number of nitrogen functional groups attached to an aromatic ring is 1. The number of rotatable bonds is 7. The lowest BCUT2D eigenvalue weighted by atomic mass is 10.1. The first-order valence-corrected chi connectivity index (χ1v) is 12.1. The summed E-state index contributed by atoms with van der Waals surface area (Å²) < 4.78 is 6.64. The van der Waals surface area contributed by atoms with Crippen LogP contribution in [0.2, 0.25) is 5.02 Å². The quantitative estimate of drug-likeness (QED) is 0.267. The van der Waals surface area contributed by atoms with Gasteiger partial charge in [0.1, 0.15) is 17.1 Å². The Hall–Kier alpha value is -4.77. The van der Waals surface area contributed by atoms with Gasteiger partial charge in [0.25, 0.3) is 0 Å². The van der Waals surface area contributed by atoms with Crippen LogP contribution in [0, 0.1) is 0 Å². The predicted molar refractivity (Wildman–Crippen MR) is 143 cm³/mol. The number of nitrogens with two attached hydrogens (primary N) is 1. The van der Waals surface area contributed by atoms with E-state index in [0.717, 1.165) is 5.39 Å². The maximum Gasteiger partial charge on any atom is 0.338 e. The summed E-state index contributed by atoms with van der Waals surface area (Å²) in [4.78, 5) is 34.0. The third-order valence-corrected chi connectivity index (χ3v) is 6.04. The van der Waals surface area contributed by atoms with Gasteiger partial charge in [0.2, 0.25) is 5.91 Å². The van der Waals surface area contributed by atoms with Crippen molar-refractivity contribution >= 4 is 46.0 Å². The molecule has 5 rings (SSSR count). The number of aryl methyl sites for hydroxylation is 1. The van der Waals surface area contributed by atoms with Gasteiger partial charge in [-0.05, 0) is 42.8 Å². The molecule has 5 aromatic rings. The molecular formula is C26H23ClN8O3. The van der Waals surface area contributed by atoms with Gasteiger partial charge < -0.3 is 15.8 Å². The molecule has 12 heteroatoms. The van der Waals surface area contributed by atoms with E-state index in [0.29, 0.717) is 44.3 Å². The van der Waals surface area contributed by atoms with Crippen LogP contribution in [-0.2, 0) is 23.0 Å². The predicted octanol–water partition coefficient (Wildman–Crippen LogP) is 4.01. The number of amides is 1. The van der Waals surface area contributed by atoms with Gasteiger partial charge in [-0.1, -0.05) is 23.7 Å². The van der Waals surface area contributed by atoms with Crippen LogP contribution in [0.25, 0.3) is 33.5 Å². The highest BCUT2D eigenvalue weighted by Crippen LogP contribution is 2.35. The van der Waals surface area contributed by atoms with Crippen LogP contribution in [0.3, 0.4) is 0 Å². The van der Waals surface area contributed by atoms with Crippen molar-refractivity contribution in [3.63, 3.8) is 0 Å². The van der Waals surface area contributed by atoms with E-state index in [-0.39, 0.29) is 30.6 Å². The van der Waals surface area contributed by atoms with E-state index in [1.165, 1.54) is 0 Å². The van der Waals surface area contributed by atoms with Crippen LogP contribution in [0.5, 0.6) is 0 Å². The van der Waals surface area contributed by atoms with Crippen molar-refractivity contribution in [1.82, 2.24) is 29.9 Å². The van der Waals surface area contributed by atoms with Gasteiger partial charge in [-0.15, -0.1) is 0 Å². The highest BCUT2D eigenvalue weighted by Gasteiger charge is 2.20. The molecule has 0 bridgehead atoms. The number of ether oxygens (including phenoxy) is 1. The largest absolute Gasteiger partial charge is 0.462 e. The molecule has 0 aliphatic carbocycles. The second-order valence-electron chi connectivity index (χ2n) is 8.46. The lowest BCUT2D eigenvalue weighted by Gasteiger charge is -2.13. The number of carbonyl (C=O) groups excluding carboxylic acids is 2. The zero-order valence-corrected chi connectivity index (χ0v) is 21.3. The second kappa shape index (κ2) is 10.3. The Bertz CT molecular complexity index is 1660. The van der Waals surface area contributed by atoms with Crippen molar-refractivity contribution < 1.29 is 14.3 Å². The third-order valence-electron chi connectivity index (χ3n) is 5.74. The number of hydrogen-bond acceptors (Lipinski definition) is 8. The number of nitrogens with zero attached hydrogens (tertiary/aromatic N) is 5. The molecule has 0 unspecified atom stereocenters. The number of aromatic nitrogens is 6. The van der Waals surface area contributed by atoms with Crippen molar-refractivity contribution in [3.05, 3.63) is 71.0 Å². The number of hydrogen-bond donors (Lipinski definition) is 3. The van der Waals surface area contributed by atoms with Crippen LogP contribution in [0.1, 0.15) is 22.8 Å². The molecule has 192 valence electrons. The van der Waals surface area contributed by atoms with Gasteiger partial charge in [0.15, 0.2) is 11.6 Å². The van der Waals surface area contributed by atoms with Gasteiger partial charge in [-0.2, -0.15) is 10.2 Å². The van der Waals surface area contributed by atoms with Crippen molar-refractivity contribution in [1.29, 1.82) is 0 Å². The van der Waals surface area contributed by atoms with Gasteiger partial charge in [0.05, 0.1) is 35.3 Å². The summed E-state index contributed by atoms with van der Waals surface area (Å²) in [6.45, 7) is 2.03. The van der Waals surface area contributed by atoms with Crippen molar-refractivity contribution in [2.75, 3.05) is 17.7 Å². The number of nitrogens with one attached hydrogen (secondary N) is 2. The van der Waals surface area contributed by atoms with E-state index in [4.69, 9.17) is 22.1 Å². The van der Waals surface area contributed by atoms with Gasteiger partial charge >= 0.3 is 5.97 Å². The average molecular weight is 531 g/mol. The Balaban J connectivity index is 1.47. The molecule has 3 heterocycles. The number of H-pyrrole nitrogens is 1. The minimum Gasteiger partial charge on any atom is -0.462 e. The van der Waals surface area contributed by atoms with E-state index in [9.17, 15) is 9.59 Å². The number of anilines is 2. The summed E-state index contributed by atoms with van der Waals surface area (Å²) >= 11 is 6.49. The van der Waals surface area contributed by atoms with Crippen LogP contribution in [0.4, 0.5) is 11.6 Å². The van der Waals surface area contributed by atoms with Crippen molar-refractivity contribution in [2.24, 2.45) is 7.05 Å². The van der Waals surface area contributed by atoms with Crippen molar-refractivity contribution in [2.45, 2.75) is 13.3 Å². The minimum atomic E-state index is -0.416. The van der Waals surface area contributed by atoms with Gasteiger partial charge in [-0.3, -0.25) is 14.6 Å². The first-order chi connectivity index (χ1) is 18.3. The van der Waals surface area contributed by atoms with Crippen LogP contribution < -0.4 is 11.1 Å². The molecule has 0 atom stereocenters. The molecule has 11 nitrogen and oxygen atoms in total. The topological polar surface area (TPSA) is 154 Å². The highest BCUT2D eigenvalue weighted by molar-refractivity contribution is 6.35. The average Bonchev–Trinajstić information content (AvgIpc) is 3.55. The molecule has 0 spiro atoms. The molecule has 0 aliphatic heterocycles. The molecule has 0 radical (unpaired) electrons. The number of fused-ring (bicyclic) bond motifs is 1. The van der Waals surface area contributed by atoms with E-state index >= 15 is 0 Å². The van der Waals surface area contributed by atoms with Crippen LogP contribution in [-0.4, -0.2) is 48.4 Å².